The van der Waals surface area contributed by atoms with Crippen molar-refractivity contribution >= 4 is 6.09 Å². The van der Waals surface area contributed by atoms with Crippen LogP contribution in [-0.4, -0.2) is 36.2 Å². The Hall–Kier alpha value is -0.770. The summed E-state index contributed by atoms with van der Waals surface area (Å²) in [7, 11) is 0. The molecule has 0 aromatic heterocycles. The number of hydrogen-bond donors (Lipinski definition) is 1. The Labute approximate surface area is 97.1 Å². The summed E-state index contributed by atoms with van der Waals surface area (Å²) in [4.78, 5) is 13.7. The second-order valence-corrected chi connectivity index (χ2v) is 6.04. The van der Waals surface area contributed by atoms with E-state index < -0.39 is 5.60 Å². The molecule has 2 aliphatic rings. The molecule has 1 saturated carbocycles. The van der Waals surface area contributed by atoms with Crippen molar-refractivity contribution in [2.24, 2.45) is 23.5 Å². The van der Waals surface area contributed by atoms with Crippen LogP contribution in [0.2, 0.25) is 0 Å². The highest BCUT2D eigenvalue weighted by Gasteiger charge is 2.48. The molecule has 2 rings (SSSR count). The number of nitrogens with two attached hydrogens (primary N) is 1. The van der Waals surface area contributed by atoms with Gasteiger partial charge in [0.15, 0.2) is 0 Å². The van der Waals surface area contributed by atoms with Gasteiger partial charge in [0.1, 0.15) is 5.60 Å². The Balaban J connectivity index is 1.87. The van der Waals surface area contributed by atoms with Gasteiger partial charge in [-0.3, -0.25) is 0 Å². The standard InChI is InChI=1S/C12H22N2O2/c1-12(2,3)16-11(15)14-6-9-4-8(5-13)10(9)7-14/h8-10H,4-7,13H2,1-3H3/t8-,9-,10-/m1/s1. The minimum absolute atomic E-state index is 0.169. The maximum atomic E-state index is 11.8. The van der Waals surface area contributed by atoms with Crippen molar-refractivity contribution < 1.29 is 9.53 Å². The fourth-order valence-corrected chi connectivity index (χ4v) is 2.79. The number of ether oxygens (including phenoxy) is 1. The molecule has 1 amide bonds. The van der Waals surface area contributed by atoms with Crippen LogP contribution in [0.5, 0.6) is 0 Å². The summed E-state index contributed by atoms with van der Waals surface area (Å²) in [5.74, 6) is 1.91. The van der Waals surface area contributed by atoms with Crippen molar-refractivity contribution in [2.75, 3.05) is 19.6 Å². The quantitative estimate of drug-likeness (QED) is 0.736. The van der Waals surface area contributed by atoms with Gasteiger partial charge in [0.25, 0.3) is 0 Å². The molecule has 1 saturated heterocycles. The molecular weight excluding hydrogens is 204 g/mol. The topological polar surface area (TPSA) is 55.6 Å². The van der Waals surface area contributed by atoms with Crippen molar-refractivity contribution in [1.29, 1.82) is 0 Å². The van der Waals surface area contributed by atoms with Gasteiger partial charge >= 0.3 is 6.09 Å². The first-order chi connectivity index (χ1) is 7.40. The molecule has 0 bridgehead atoms. The van der Waals surface area contributed by atoms with E-state index in [1.54, 1.807) is 0 Å². The summed E-state index contributed by atoms with van der Waals surface area (Å²) < 4.78 is 5.37. The van der Waals surface area contributed by atoms with E-state index in [1.807, 2.05) is 25.7 Å². The molecule has 4 nitrogen and oxygen atoms in total. The molecule has 92 valence electrons. The smallest absolute Gasteiger partial charge is 0.410 e. The number of fused-ring (bicyclic) bond motifs is 1. The summed E-state index contributed by atoms with van der Waals surface area (Å²) in [6.07, 6.45) is 1.01. The van der Waals surface area contributed by atoms with E-state index in [1.165, 1.54) is 6.42 Å². The Morgan fingerprint density at radius 1 is 1.44 bits per heavy atom. The summed E-state index contributed by atoms with van der Waals surface area (Å²) in [5.41, 5.74) is 5.28. The third-order valence-electron chi connectivity index (χ3n) is 3.66. The fraction of sp³-hybridized carbons (Fsp3) is 0.917. The largest absolute Gasteiger partial charge is 0.444 e. The SMILES string of the molecule is CC(C)(C)OC(=O)N1C[C@H]2C[C@H](CN)[C@H]2C1. The van der Waals surface area contributed by atoms with Crippen LogP contribution in [0.4, 0.5) is 4.79 Å². The highest BCUT2D eigenvalue weighted by atomic mass is 16.6. The first-order valence-electron chi connectivity index (χ1n) is 6.08. The average molecular weight is 226 g/mol. The molecule has 1 aliphatic carbocycles. The lowest BCUT2D eigenvalue weighted by Crippen LogP contribution is -2.40. The minimum Gasteiger partial charge on any atom is -0.444 e. The molecule has 2 fully saturated rings. The number of amides is 1. The van der Waals surface area contributed by atoms with E-state index >= 15 is 0 Å². The van der Waals surface area contributed by atoms with Crippen LogP contribution in [0.3, 0.4) is 0 Å². The van der Waals surface area contributed by atoms with Gasteiger partial charge in [-0.2, -0.15) is 0 Å². The summed E-state index contributed by atoms with van der Waals surface area (Å²) >= 11 is 0. The maximum Gasteiger partial charge on any atom is 0.410 e. The molecule has 0 radical (unpaired) electrons. The third-order valence-corrected chi connectivity index (χ3v) is 3.66. The van der Waals surface area contributed by atoms with Gasteiger partial charge in [0.2, 0.25) is 0 Å². The molecule has 1 aliphatic heterocycles. The van der Waals surface area contributed by atoms with Crippen LogP contribution in [0.15, 0.2) is 0 Å². The molecule has 1 heterocycles. The Kier molecular flexibility index (Phi) is 2.86. The van der Waals surface area contributed by atoms with Gasteiger partial charge < -0.3 is 15.4 Å². The molecule has 0 aromatic carbocycles. The first kappa shape index (κ1) is 11.7. The fourth-order valence-electron chi connectivity index (χ4n) is 2.79. The zero-order valence-corrected chi connectivity index (χ0v) is 10.4. The number of likely N-dealkylation sites (tertiary alicyclic amines) is 1. The summed E-state index contributed by atoms with van der Waals surface area (Å²) in [6, 6.07) is 0. The van der Waals surface area contributed by atoms with Crippen LogP contribution in [0.25, 0.3) is 0 Å². The average Bonchev–Trinajstić information content (AvgIpc) is 2.43. The molecule has 0 unspecified atom stereocenters. The van der Waals surface area contributed by atoms with Gasteiger partial charge in [-0.25, -0.2) is 4.79 Å². The van der Waals surface area contributed by atoms with E-state index in [-0.39, 0.29) is 6.09 Å². The van der Waals surface area contributed by atoms with Crippen LogP contribution in [0.1, 0.15) is 27.2 Å². The van der Waals surface area contributed by atoms with Gasteiger partial charge in [-0.05, 0) is 51.5 Å². The summed E-state index contributed by atoms with van der Waals surface area (Å²) in [6.45, 7) is 8.15. The first-order valence-corrected chi connectivity index (χ1v) is 6.08. The monoisotopic (exact) mass is 226 g/mol. The number of carbonyl (C=O) groups is 1. The van der Waals surface area contributed by atoms with Crippen LogP contribution in [0, 0.1) is 17.8 Å². The van der Waals surface area contributed by atoms with Gasteiger partial charge in [0, 0.05) is 13.1 Å². The molecule has 16 heavy (non-hydrogen) atoms. The predicted octanol–water partition coefficient (Wildman–Crippen LogP) is 1.45. The van der Waals surface area contributed by atoms with Crippen molar-refractivity contribution in [3.63, 3.8) is 0 Å². The normalized spacial score (nSPS) is 33.2. The van der Waals surface area contributed by atoms with Gasteiger partial charge in [-0.1, -0.05) is 0 Å². The van der Waals surface area contributed by atoms with Gasteiger partial charge in [0.05, 0.1) is 0 Å². The number of nitrogens with zero attached hydrogens (tertiary/aromatic N) is 1. The number of rotatable bonds is 1. The third kappa shape index (κ3) is 2.17. The predicted molar refractivity (Wildman–Crippen MR) is 61.9 cm³/mol. The Morgan fingerprint density at radius 3 is 2.69 bits per heavy atom. The maximum absolute atomic E-state index is 11.8. The molecule has 4 heteroatoms. The van der Waals surface area contributed by atoms with Crippen molar-refractivity contribution in [3.8, 4) is 0 Å². The van der Waals surface area contributed by atoms with E-state index in [0.717, 1.165) is 19.6 Å². The highest BCUT2D eigenvalue weighted by molar-refractivity contribution is 5.68. The minimum atomic E-state index is -0.397. The van der Waals surface area contributed by atoms with Crippen LogP contribution < -0.4 is 5.73 Å². The molecule has 0 spiro atoms. The number of carbonyl (C=O) groups excluding carboxylic acids is 1. The Morgan fingerprint density at radius 2 is 2.12 bits per heavy atom. The Bertz CT molecular complexity index is 285. The van der Waals surface area contributed by atoms with Crippen molar-refractivity contribution in [1.82, 2.24) is 4.90 Å². The van der Waals surface area contributed by atoms with E-state index in [2.05, 4.69) is 0 Å². The van der Waals surface area contributed by atoms with Crippen molar-refractivity contribution in [2.45, 2.75) is 32.8 Å². The van der Waals surface area contributed by atoms with Crippen LogP contribution in [-0.2, 0) is 4.74 Å². The molecule has 2 N–H and O–H groups in total. The lowest BCUT2D eigenvalue weighted by Gasteiger charge is -2.38. The van der Waals surface area contributed by atoms with E-state index in [9.17, 15) is 4.79 Å². The number of hydrogen-bond acceptors (Lipinski definition) is 3. The lowest BCUT2D eigenvalue weighted by atomic mass is 9.67. The summed E-state index contributed by atoms with van der Waals surface area (Å²) in [5, 5.41) is 0. The molecule has 3 atom stereocenters. The van der Waals surface area contributed by atoms with E-state index in [4.69, 9.17) is 10.5 Å². The molecular formula is C12H22N2O2. The second-order valence-electron chi connectivity index (χ2n) is 6.04. The molecule has 0 aromatic rings. The highest BCUT2D eigenvalue weighted by Crippen LogP contribution is 2.45. The van der Waals surface area contributed by atoms with E-state index in [0.29, 0.717) is 17.8 Å². The van der Waals surface area contributed by atoms with Crippen molar-refractivity contribution in [3.05, 3.63) is 0 Å². The van der Waals surface area contributed by atoms with Crippen LogP contribution >= 0.6 is 0 Å². The lowest BCUT2D eigenvalue weighted by molar-refractivity contribution is 0.0287. The van der Waals surface area contributed by atoms with Gasteiger partial charge in [-0.15, -0.1) is 0 Å². The zero-order valence-electron chi connectivity index (χ0n) is 10.4. The second kappa shape index (κ2) is 3.91. The zero-order chi connectivity index (χ0) is 11.9.